The third-order valence-corrected chi connectivity index (χ3v) is 2.81. The number of carbonyl (C=O) groups is 1. The van der Waals surface area contributed by atoms with Crippen molar-refractivity contribution in [1.82, 2.24) is 5.32 Å². The maximum Gasteiger partial charge on any atom is 0.244 e. The van der Waals surface area contributed by atoms with E-state index < -0.39 is 0 Å². The quantitative estimate of drug-likeness (QED) is 0.654. The zero-order valence-corrected chi connectivity index (χ0v) is 12.2. The lowest BCUT2D eigenvalue weighted by Crippen LogP contribution is -2.24. The van der Waals surface area contributed by atoms with Crippen molar-refractivity contribution < 1.29 is 9.53 Å². The molecule has 0 radical (unpaired) electrons. The van der Waals surface area contributed by atoms with Crippen molar-refractivity contribution in [3.05, 3.63) is 41.5 Å². The van der Waals surface area contributed by atoms with E-state index in [1.807, 2.05) is 18.2 Å². The van der Waals surface area contributed by atoms with Gasteiger partial charge in [0.25, 0.3) is 0 Å². The predicted molar refractivity (Wildman–Crippen MR) is 79.1 cm³/mol. The molecule has 0 aromatic heterocycles. The highest BCUT2D eigenvalue weighted by Crippen LogP contribution is 2.22. The number of rotatable bonds is 5. The van der Waals surface area contributed by atoms with Crippen LogP contribution in [0.1, 0.15) is 31.9 Å². The summed E-state index contributed by atoms with van der Waals surface area (Å²) in [7, 11) is 1.61. The van der Waals surface area contributed by atoms with Crippen LogP contribution >= 0.6 is 0 Å². The Balaban J connectivity index is 2.55. The standard InChI is InChI=1S/C16H23NO2/c1-16(2,3)14-8-5-13(6-9-14)7-10-15(18)17-11-12-19-4/h5-10H,11-12H2,1-4H3,(H,17,18). The molecule has 1 aromatic carbocycles. The number of hydrogen-bond acceptors (Lipinski definition) is 2. The smallest absolute Gasteiger partial charge is 0.244 e. The van der Waals surface area contributed by atoms with Crippen LogP contribution in [0.3, 0.4) is 0 Å². The van der Waals surface area contributed by atoms with Crippen LogP contribution in [0.4, 0.5) is 0 Å². The van der Waals surface area contributed by atoms with Crippen LogP contribution in [0.2, 0.25) is 0 Å². The lowest BCUT2D eigenvalue weighted by Gasteiger charge is -2.18. The second kappa shape index (κ2) is 7.10. The summed E-state index contributed by atoms with van der Waals surface area (Å²) in [4.78, 5) is 11.5. The third-order valence-electron chi connectivity index (χ3n) is 2.81. The van der Waals surface area contributed by atoms with Crippen LogP contribution in [-0.4, -0.2) is 26.2 Å². The zero-order valence-electron chi connectivity index (χ0n) is 12.2. The maximum absolute atomic E-state index is 11.5. The largest absolute Gasteiger partial charge is 0.383 e. The van der Waals surface area contributed by atoms with Crippen molar-refractivity contribution in [2.75, 3.05) is 20.3 Å². The van der Waals surface area contributed by atoms with E-state index in [1.165, 1.54) is 5.56 Å². The molecule has 0 aliphatic heterocycles. The van der Waals surface area contributed by atoms with E-state index in [-0.39, 0.29) is 11.3 Å². The molecule has 3 nitrogen and oxygen atoms in total. The average Bonchev–Trinajstić information content (AvgIpc) is 2.36. The second-order valence-corrected chi connectivity index (χ2v) is 5.49. The second-order valence-electron chi connectivity index (χ2n) is 5.49. The summed E-state index contributed by atoms with van der Waals surface area (Å²) in [5, 5.41) is 2.74. The molecule has 0 spiro atoms. The first-order chi connectivity index (χ1) is 8.93. The van der Waals surface area contributed by atoms with Crippen LogP contribution in [0, 0.1) is 0 Å². The average molecular weight is 261 g/mol. The fourth-order valence-corrected chi connectivity index (χ4v) is 1.60. The Morgan fingerprint density at radius 2 is 1.89 bits per heavy atom. The van der Waals surface area contributed by atoms with Gasteiger partial charge in [0.05, 0.1) is 6.61 Å². The van der Waals surface area contributed by atoms with Crippen LogP contribution in [0.15, 0.2) is 30.3 Å². The predicted octanol–water partition coefficient (Wildman–Crippen LogP) is 2.76. The Bertz CT molecular complexity index is 427. The number of methoxy groups -OCH3 is 1. The molecule has 3 heteroatoms. The SMILES string of the molecule is COCCNC(=O)C=Cc1ccc(C(C)(C)C)cc1. The van der Waals surface area contributed by atoms with E-state index >= 15 is 0 Å². The molecule has 0 fully saturated rings. The minimum atomic E-state index is -0.100. The van der Waals surface area contributed by atoms with Gasteiger partial charge in [0.2, 0.25) is 5.91 Å². The number of nitrogens with one attached hydrogen (secondary N) is 1. The van der Waals surface area contributed by atoms with Gasteiger partial charge < -0.3 is 10.1 Å². The van der Waals surface area contributed by atoms with E-state index in [2.05, 4.69) is 38.2 Å². The number of benzene rings is 1. The number of ether oxygens (including phenoxy) is 1. The first kappa shape index (κ1) is 15.4. The molecular formula is C16H23NO2. The molecule has 104 valence electrons. The summed E-state index contributed by atoms with van der Waals surface area (Å²) in [6.45, 7) is 7.60. The number of amides is 1. The molecule has 0 aliphatic carbocycles. The summed E-state index contributed by atoms with van der Waals surface area (Å²) >= 11 is 0. The van der Waals surface area contributed by atoms with Crippen LogP contribution in [-0.2, 0) is 14.9 Å². The van der Waals surface area contributed by atoms with Gasteiger partial charge >= 0.3 is 0 Å². The lowest BCUT2D eigenvalue weighted by atomic mass is 9.87. The van der Waals surface area contributed by atoms with Gasteiger partial charge in [0.1, 0.15) is 0 Å². The Labute approximate surface area is 115 Å². The van der Waals surface area contributed by atoms with E-state index in [9.17, 15) is 4.79 Å². The Hall–Kier alpha value is -1.61. The third kappa shape index (κ3) is 5.71. The zero-order chi connectivity index (χ0) is 14.3. The van der Waals surface area contributed by atoms with Gasteiger partial charge in [-0.1, -0.05) is 45.0 Å². The van der Waals surface area contributed by atoms with Crippen molar-refractivity contribution in [3.8, 4) is 0 Å². The monoisotopic (exact) mass is 261 g/mol. The van der Waals surface area contributed by atoms with Gasteiger partial charge in [0, 0.05) is 19.7 Å². The molecule has 0 saturated carbocycles. The van der Waals surface area contributed by atoms with E-state index in [0.717, 1.165) is 5.56 Å². The summed E-state index contributed by atoms with van der Waals surface area (Å²) in [6, 6.07) is 8.25. The van der Waals surface area contributed by atoms with Crippen molar-refractivity contribution in [3.63, 3.8) is 0 Å². The molecule has 0 unspecified atom stereocenters. The van der Waals surface area contributed by atoms with Gasteiger partial charge in [-0.05, 0) is 22.6 Å². The van der Waals surface area contributed by atoms with Gasteiger partial charge in [-0.15, -0.1) is 0 Å². The molecule has 0 bridgehead atoms. The Kier molecular flexibility index (Phi) is 5.77. The summed E-state index contributed by atoms with van der Waals surface area (Å²) < 4.78 is 4.86. The topological polar surface area (TPSA) is 38.3 Å². The van der Waals surface area contributed by atoms with Gasteiger partial charge in [0.15, 0.2) is 0 Å². The summed E-state index contributed by atoms with van der Waals surface area (Å²) in [5.74, 6) is -0.100. The van der Waals surface area contributed by atoms with E-state index in [0.29, 0.717) is 13.2 Å². The molecule has 19 heavy (non-hydrogen) atoms. The highest BCUT2D eigenvalue weighted by atomic mass is 16.5. The fourth-order valence-electron chi connectivity index (χ4n) is 1.60. The highest BCUT2D eigenvalue weighted by molar-refractivity contribution is 5.91. The van der Waals surface area contributed by atoms with Gasteiger partial charge in [-0.2, -0.15) is 0 Å². The minimum Gasteiger partial charge on any atom is -0.383 e. The molecule has 0 atom stereocenters. The first-order valence-electron chi connectivity index (χ1n) is 6.49. The Morgan fingerprint density at radius 3 is 2.42 bits per heavy atom. The van der Waals surface area contributed by atoms with E-state index in [1.54, 1.807) is 13.2 Å². The van der Waals surface area contributed by atoms with Crippen LogP contribution < -0.4 is 5.32 Å². The molecule has 0 aliphatic rings. The van der Waals surface area contributed by atoms with E-state index in [4.69, 9.17) is 4.74 Å². The molecule has 1 N–H and O–H groups in total. The fraction of sp³-hybridized carbons (Fsp3) is 0.438. The first-order valence-corrected chi connectivity index (χ1v) is 6.49. The molecule has 1 rings (SSSR count). The highest BCUT2D eigenvalue weighted by Gasteiger charge is 2.12. The van der Waals surface area contributed by atoms with Crippen molar-refractivity contribution in [2.24, 2.45) is 0 Å². The molecule has 1 aromatic rings. The van der Waals surface area contributed by atoms with Crippen LogP contribution in [0.25, 0.3) is 6.08 Å². The molecule has 1 amide bonds. The van der Waals surface area contributed by atoms with Gasteiger partial charge in [-0.25, -0.2) is 0 Å². The normalized spacial score (nSPS) is 11.8. The number of carbonyl (C=O) groups excluding carboxylic acids is 1. The summed E-state index contributed by atoms with van der Waals surface area (Å²) in [5.41, 5.74) is 2.46. The maximum atomic E-state index is 11.5. The Morgan fingerprint density at radius 1 is 1.26 bits per heavy atom. The van der Waals surface area contributed by atoms with Gasteiger partial charge in [-0.3, -0.25) is 4.79 Å². The van der Waals surface area contributed by atoms with Crippen LogP contribution in [0.5, 0.6) is 0 Å². The summed E-state index contributed by atoms with van der Waals surface area (Å²) in [6.07, 6.45) is 3.36. The van der Waals surface area contributed by atoms with Crippen molar-refractivity contribution in [1.29, 1.82) is 0 Å². The molecular weight excluding hydrogens is 238 g/mol. The molecule has 0 heterocycles. The van der Waals surface area contributed by atoms with Crippen molar-refractivity contribution >= 4 is 12.0 Å². The molecule has 0 saturated heterocycles. The number of hydrogen-bond donors (Lipinski definition) is 1. The lowest BCUT2D eigenvalue weighted by molar-refractivity contribution is -0.116. The van der Waals surface area contributed by atoms with Crippen molar-refractivity contribution in [2.45, 2.75) is 26.2 Å². The minimum absolute atomic E-state index is 0.100.